The number of benzene rings is 1. The molecule has 118 valence electrons. The maximum atomic E-state index is 13.2. The number of carbonyl (C=O) groups is 1. The third kappa shape index (κ3) is 6.26. The van der Waals surface area contributed by atoms with Crippen molar-refractivity contribution in [3.8, 4) is 0 Å². The molecule has 1 atom stereocenters. The first-order valence-corrected chi connectivity index (χ1v) is 7.33. The molecule has 0 unspecified atom stereocenters. The van der Waals surface area contributed by atoms with Crippen LogP contribution in [0.1, 0.15) is 13.3 Å². The number of anilines is 1. The zero-order chi connectivity index (χ0) is 15.8. The Balaban J connectivity index is 2.75. The predicted octanol–water partition coefficient (Wildman–Crippen LogP) is 3.08. The van der Waals surface area contributed by atoms with Gasteiger partial charge in [0.25, 0.3) is 0 Å². The summed E-state index contributed by atoms with van der Waals surface area (Å²) >= 11 is 0.828. The van der Waals surface area contributed by atoms with Gasteiger partial charge in [-0.1, -0.05) is 6.92 Å². The van der Waals surface area contributed by atoms with E-state index in [0.29, 0.717) is 11.3 Å². The van der Waals surface area contributed by atoms with E-state index in [4.69, 9.17) is 5.11 Å². The maximum absolute atomic E-state index is 13.2. The molecule has 3 N–H and O–H groups in total. The van der Waals surface area contributed by atoms with Gasteiger partial charge in [0.15, 0.2) is 0 Å². The minimum absolute atomic E-state index is 0.117. The van der Waals surface area contributed by atoms with Crippen LogP contribution < -0.4 is 10.6 Å². The molecule has 0 aliphatic carbocycles. The molecule has 0 saturated heterocycles. The van der Waals surface area contributed by atoms with E-state index >= 15 is 0 Å². The number of rotatable bonds is 7. The van der Waals surface area contributed by atoms with Crippen LogP contribution in [0.15, 0.2) is 23.1 Å². The Hall–Kier alpha value is -1.41. The molecule has 0 spiro atoms. The molecule has 8 heteroatoms. The lowest BCUT2D eigenvalue weighted by Gasteiger charge is -2.16. The van der Waals surface area contributed by atoms with E-state index < -0.39 is 30.1 Å². The fraction of sp³-hybridized carbons (Fsp3) is 0.462. The molecule has 0 fully saturated rings. The molecular weight excluding hydrogens is 305 g/mol. The second kappa shape index (κ2) is 8.78. The molecule has 0 bridgehead atoms. The summed E-state index contributed by atoms with van der Waals surface area (Å²) in [4.78, 5) is 12.1. The lowest BCUT2D eigenvalue weighted by atomic mass is 10.2. The van der Waals surface area contributed by atoms with Gasteiger partial charge in [0.2, 0.25) is 6.43 Å². The Morgan fingerprint density at radius 3 is 2.71 bits per heavy atom. The van der Waals surface area contributed by atoms with Gasteiger partial charge in [0.1, 0.15) is 5.82 Å². The van der Waals surface area contributed by atoms with E-state index in [-0.39, 0.29) is 12.3 Å². The standard InChI is InChI=1S/C13H17F3N2O2S/c1-2-9(6-19)17-13(20)18-10-5-8(14)3-4-11(10)21-7-12(15)16/h3-5,9,12,19H,2,6-7H2,1H3,(H2,17,18,20)/t9-/m0/s1. The molecule has 1 rings (SSSR count). The normalized spacial score (nSPS) is 12.3. The minimum Gasteiger partial charge on any atom is -0.394 e. The molecule has 4 nitrogen and oxygen atoms in total. The van der Waals surface area contributed by atoms with Gasteiger partial charge < -0.3 is 15.7 Å². The summed E-state index contributed by atoms with van der Waals surface area (Å²) in [5.41, 5.74) is 0.117. The number of aliphatic hydroxyl groups excluding tert-OH is 1. The van der Waals surface area contributed by atoms with Crippen molar-refractivity contribution in [3.05, 3.63) is 24.0 Å². The zero-order valence-corrected chi connectivity index (χ0v) is 12.2. The molecule has 21 heavy (non-hydrogen) atoms. The zero-order valence-electron chi connectivity index (χ0n) is 11.4. The van der Waals surface area contributed by atoms with Gasteiger partial charge in [-0.25, -0.2) is 18.0 Å². The highest BCUT2D eigenvalue weighted by molar-refractivity contribution is 7.99. The molecule has 0 aromatic heterocycles. The smallest absolute Gasteiger partial charge is 0.319 e. The van der Waals surface area contributed by atoms with E-state index in [1.807, 2.05) is 0 Å². The van der Waals surface area contributed by atoms with Gasteiger partial charge in [0.05, 0.1) is 24.1 Å². The third-order valence-electron chi connectivity index (χ3n) is 2.60. The van der Waals surface area contributed by atoms with Crippen molar-refractivity contribution in [2.24, 2.45) is 0 Å². The van der Waals surface area contributed by atoms with E-state index in [2.05, 4.69) is 10.6 Å². The van der Waals surface area contributed by atoms with Crippen molar-refractivity contribution in [2.75, 3.05) is 17.7 Å². The summed E-state index contributed by atoms with van der Waals surface area (Å²) in [6.45, 7) is 1.56. The number of halogens is 3. The monoisotopic (exact) mass is 322 g/mol. The average Bonchev–Trinajstić information content (AvgIpc) is 2.43. The van der Waals surface area contributed by atoms with Crippen LogP contribution >= 0.6 is 11.8 Å². The molecule has 1 aromatic rings. The van der Waals surface area contributed by atoms with E-state index in [0.717, 1.165) is 23.9 Å². The van der Waals surface area contributed by atoms with Crippen LogP contribution in [0.2, 0.25) is 0 Å². The van der Waals surface area contributed by atoms with Gasteiger partial charge in [-0.2, -0.15) is 0 Å². The molecule has 1 aromatic carbocycles. The van der Waals surface area contributed by atoms with Gasteiger partial charge in [-0.3, -0.25) is 0 Å². The predicted molar refractivity (Wildman–Crippen MR) is 76.4 cm³/mol. The summed E-state index contributed by atoms with van der Waals surface area (Å²) in [6, 6.07) is 2.49. The lowest BCUT2D eigenvalue weighted by molar-refractivity contribution is 0.177. The number of urea groups is 1. The highest BCUT2D eigenvalue weighted by Gasteiger charge is 2.13. The van der Waals surface area contributed by atoms with Crippen LogP contribution in [-0.2, 0) is 0 Å². The first-order valence-electron chi connectivity index (χ1n) is 6.35. The molecular formula is C13H17F3N2O2S. The van der Waals surface area contributed by atoms with E-state index in [1.54, 1.807) is 6.92 Å². The summed E-state index contributed by atoms with van der Waals surface area (Å²) in [7, 11) is 0. The average molecular weight is 322 g/mol. The number of hydrogen-bond donors (Lipinski definition) is 3. The third-order valence-corrected chi connectivity index (χ3v) is 3.69. The Morgan fingerprint density at radius 2 is 2.14 bits per heavy atom. The minimum atomic E-state index is -2.50. The van der Waals surface area contributed by atoms with Gasteiger partial charge in [0, 0.05) is 4.90 Å². The number of nitrogens with one attached hydrogen (secondary N) is 2. The Labute approximate surface area is 125 Å². The summed E-state index contributed by atoms with van der Waals surface area (Å²) in [5.74, 6) is -1.03. The molecule has 0 radical (unpaired) electrons. The van der Waals surface area contributed by atoms with Crippen molar-refractivity contribution in [1.82, 2.24) is 5.32 Å². The molecule has 0 saturated carbocycles. The number of alkyl halides is 2. The lowest BCUT2D eigenvalue weighted by Crippen LogP contribution is -2.39. The second-order valence-electron chi connectivity index (χ2n) is 4.23. The number of amides is 2. The summed E-state index contributed by atoms with van der Waals surface area (Å²) < 4.78 is 37.7. The molecule has 0 aliphatic rings. The van der Waals surface area contributed by atoms with Crippen LogP contribution in [0.25, 0.3) is 0 Å². The van der Waals surface area contributed by atoms with Gasteiger partial charge in [-0.05, 0) is 24.6 Å². The summed E-state index contributed by atoms with van der Waals surface area (Å²) in [6.07, 6.45) is -1.97. The fourth-order valence-corrected chi connectivity index (χ4v) is 2.23. The van der Waals surface area contributed by atoms with Crippen LogP contribution in [0.3, 0.4) is 0 Å². The summed E-state index contributed by atoms with van der Waals surface area (Å²) in [5, 5.41) is 13.9. The van der Waals surface area contributed by atoms with E-state index in [1.165, 1.54) is 6.07 Å². The SMILES string of the molecule is CC[C@@H](CO)NC(=O)Nc1cc(F)ccc1SCC(F)F. The quantitative estimate of drug-likeness (QED) is 0.676. The molecule has 0 heterocycles. The largest absolute Gasteiger partial charge is 0.394 e. The number of aliphatic hydroxyl groups is 1. The van der Waals surface area contributed by atoms with Crippen molar-refractivity contribution in [1.29, 1.82) is 0 Å². The van der Waals surface area contributed by atoms with Crippen molar-refractivity contribution >= 4 is 23.5 Å². The first-order chi connectivity index (χ1) is 9.96. The highest BCUT2D eigenvalue weighted by Crippen LogP contribution is 2.29. The topological polar surface area (TPSA) is 61.4 Å². The van der Waals surface area contributed by atoms with Gasteiger partial charge in [-0.15, -0.1) is 11.8 Å². The van der Waals surface area contributed by atoms with Crippen LogP contribution in [0, 0.1) is 5.82 Å². The van der Waals surface area contributed by atoms with Crippen molar-refractivity contribution in [2.45, 2.75) is 30.7 Å². The Morgan fingerprint density at radius 1 is 1.43 bits per heavy atom. The maximum Gasteiger partial charge on any atom is 0.319 e. The highest BCUT2D eigenvalue weighted by atomic mass is 32.2. The molecule has 2 amide bonds. The van der Waals surface area contributed by atoms with E-state index in [9.17, 15) is 18.0 Å². The number of hydrogen-bond acceptors (Lipinski definition) is 3. The van der Waals surface area contributed by atoms with Crippen molar-refractivity contribution < 1.29 is 23.1 Å². The molecule has 0 aliphatic heterocycles. The Bertz CT molecular complexity index is 471. The number of thioether (sulfide) groups is 1. The first kappa shape index (κ1) is 17.6. The number of carbonyl (C=O) groups excluding carboxylic acids is 1. The fourth-order valence-electron chi connectivity index (χ4n) is 1.50. The van der Waals surface area contributed by atoms with Crippen LogP contribution in [0.5, 0.6) is 0 Å². The van der Waals surface area contributed by atoms with Crippen LogP contribution in [0.4, 0.5) is 23.7 Å². The van der Waals surface area contributed by atoms with Crippen molar-refractivity contribution in [3.63, 3.8) is 0 Å². The second-order valence-corrected chi connectivity index (χ2v) is 5.29. The van der Waals surface area contributed by atoms with Gasteiger partial charge >= 0.3 is 6.03 Å². The van der Waals surface area contributed by atoms with Crippen LogP contribution in [-0.4, -0.2) is 36.0 Å². The Kier molecular flexibility index (Phi) is 7.38.